The molecule has 40 heavy (non-hydrogen) atoms. The monoisotopic (exact) mass is 535 g/mol. The predicted octanol–water partition coefficient (Wildman–Crippen LogP) is 5.49. The largest absolute Gasteiger partial charge is 0.490 e. The minimum atomic E-state index is -0.805. The third-order valence-electron chi connectivity index (χ3n) is 6.34. The molecule has 3 aromatic carbocycles. The number of allylic oxidation sites excluding steroid dienone is 1. The molecule has 3 aromatic rings. The van der Waals surface area contributed by atoms with Crippen LogP contribution in [0.4, 0.5) is 10.5 Å². The molecule has 4 amide bonds. The van der Waals surface area contributed by atoms with Crippen molar-refractivity contribution < 1.29 is 23.9 Å². The Bertz CT molecular complexity index is 1530. The van der Waals surface area contributed by atoms with Gasteiger partial charge in [-0.3, -0.25) is 14.9 Å². The van der Waals surface area contributed by atoms with Crippen molar-refractivity contribution >= 4 is 29.6 Å². The van der Waals surface area contributed by atoms with Crippen molar-refractivity contribution in [1.82, 2.24) is 5.32 Å². The lowest BCUT2D eigenvalue weighted by molar-refractivity contribution is -0.122. The van der Waals surface area contributed by atoms with E-state index < -0.39 is 17.8 Å². The first kappa shape index (κ1) is 27.9. The second-order valence-electron chi connectivity index (χ2n) is 8.97. The molecule has 202 valence electrons. The number of carbonyl (C=O) groups excluding carboxylic acids is 3. The lowest BCUT2D eigenvalue weighted by atomic mass is 10.0. The molecule has 0 spiro atoms. The van der Waals surface area contributed by atoms with E-state index in [1.807, 2.05) is 38.1 Å². The van der Waals surface area contributed by atoms with Gasteiger partial charge < -0.3 is 9.47 Å². The summed E-state index contributed by atoms with van der Waals surface area (Å²) in [7, 11) is 0. The molecule has 0 unspecified atom stereocenters. The highest BCUT2D eigenvalue weighted by molar-refractivity contribution is 6.39. The molecule has 1 heterocycles. The molecule has 8 nitrogen and oxygen atoms in total. The third-order valence-corrected chi connectivity index (χ3v) is 6.34. The zero-order valence-corrected chi connectivity index (χ0v) is 22.4. The first-order valence-electron chi connectivity index (χ1n) is 12.9. The highest BCUT2D eigenvalue weighted by atomic mass is 16.5. The maximum absolute atomic E-state index is 13.4. The van der Waals surface area contributed by atoms with Crippen LogP contribution in [-0.2, 0) is 29.0 Å². The molecular formula is C32H29N3O5. The SMILES string of the molecule is C=CCc1cc(/C=C2/C(=O)NC(=O)N(c3ccc(CC)cc3)C2=O)cc(OCC)c1OCc1ccccc1C#N. The van der Waals surface area contributed by atoms with Crippen LogP contribution in [0.2, 0.25) is 0 Å². The number of hydrogen-bond donors (Lipinski definition) is 1. The van der Waals surface area contributed by atoms with E-state index in [4.69, 9.17) is 9.47 Å². The summed E-state index contributed by atoms with van der Waals surface area (Å²) in [5, 5.41) is 11.7. The van der Waals surface area contributed by atoms with Crippen LogP contribution in [0.15, 0.2) is 78.9 Å². The van der Waals surface area contributed by atoms with Crippen LogP contribution in [-0.4, -0.2) is 24.5 Å². The number of benzene rings is 3. The first-order valence-corrected chi connectivity index (χ1v) is 12.9. The number of urea groups is 1. The number of aryl methyl sites for hydroxylation is 1. The molecule has 0 atom stereocenters. The number of carbonyl (C=O) groups is 3. The van der Waals surface area contributed by atoms with Crippen molar-refractivity contribution in [2.24, 2.45) is 0 Å². The number of nitrogens with zero attached hydrogens (tertiary/aromatic N) is 2. The fourth-order valence-corrected chi connectivity index (χ4v) is 4.35. The maximum Gasteiger partial charge on any atom is 0.335 e. The predicted molar refractivity (Wildman–Crippen MR) is 152 cm³/mol. The Morgan fingerprint density at radius 1 is 1.00 bits per heavy atom. The number of nitriles is 1. The quantitative estimate of drug-likeness (QED) is 0.209. The number of imide groups is 2. The van der Waals surface area contributed by atoms with E-state index in [9.17, 15) is 19.6 Å². The van der Waals surface area contributed by atoms with Gasteiger partial charge in [0.05, 0.1) is 23.9 Å². The van der Waals surface area contributed by atoms with Gasteiger partial charge in [0.2, 0.25) is 0 Å². The average molecular weight is 536 g/mol. The van der Waals surface area contributed by atoms with Crippen molar-refractivity contribution in [3.63, 3.8) is 0 Å². The molecule has 1 saturated heterocycles. The number of rotatable bonds is 10. The molecule has 8 heteroatoms. The minimum Gasteiger partial charge on any atom is -0.490 e. The number of nitrogens with one attached hydrogen (secondary N) is 1. The normalized spacial score (nSPS) is 14.1. The summed E-state index contributed by atoms with van der Waals surface area (Å²) >= 11 is 0. The second kappa shape index (κ2) is 12.6. The van der Waals surface area contributed by atoms with Crippen LogP contribution in [0.1, 0.15) is 41.7 Å². The Morgan fingerprint density at radius 3 is 2.42 bits per heavy atom. The lowest BCUT2D eigenvalue weighted by Crippen LogP contribution is -2.54. The summed E-state index contributed by atoms with van der Waals surface area (Å²) in [4.78, 5) is 39.7. The summed E-state index contributed by atoms with van der Waals surface area (Å²) in [6, 6.07) is 19.0. The maximum atomic E-state index is 13.4. The zero-order chi connectivity index (χ0) is 28.6. The number of amides is 4. The van der Waals surface area contributed by atoms with E-state index >= 15 is 0 Å². The fourth-order valence-electron chi connectivity index (χ4n) is 4.35. The van der Waals surface area contributed by atoms with Gasteiger partial charge in [0.25, 0.3) is 11.8 Å². The summed E-state index contributed by atoms with van der Waals surface area (Å²) in [5.41, 5.74) is 3.69. The molecule has 0 bridgehead atoms. The Morgan fingerprint density at radius 2 is 1.75 bits per heavy atom. The summed E-state index contributed by atoms with van der Waals surface area (Å²) in [6.07, 6.45) is 4.36. The van der Waals surface area contributed by atoms with Gasteiger partial charge in [-0.2, -0.15) is 5.26 Å². The van der Waals surface area contributed by atoms with E-state index in [1.165, 1.54) is 6.08 Å². The van der Waals surface area contributed by atoms with E-state index in [0.717, 1.165) is 22.4 Å². The molecule has 4 rings (SSSR count). The molecule has 0 saturated carbocycles. The summed E-state index contributed by atoms with van der Waals surface area (Å²) in [5.74, 6) is -0.624. The highest BCUT2D eigenvalue weighted by Crippen LogP contribution is 2.36. The summed E-state index contributed by atoms with van der Waals surface area (Å²) in [6.45, 7) is 8.16. The van der Waals surface area contributed by atoms with E-state index in [0.29, 0.717) is 46.9 Å². The topological polar surface area (TPSA) is 109 Å². The van der Waals surface area contributed by atoms with Gasteiger partial charge in [-0.1, -0.05) is 43.3 Å². The Hall–Kier alpha value is -5.16. The van der Waals surface area contributed by atoms with Crippen LogP contribution >= 0.6 is 0 Å². The van der Waals surface area contributed by atoms with Crippen molar-refractivity contribution in [3.8, 4) is 17.6 Å². The first-order chi connectivity index (χ1) is 19.4. The Labute approximate surface area is 233 Å². The molecule has 0 radical (unpaired) electrons. The molecule has 1 aliphatic rings. The number of barbiturate groups is 1. The lowest BCUT2D eigenvalue weighted by Gasteiger charge is -2.26. The zero-order valence-electron chi connectivity index (χ0n) is 22.4. The van der Waals surface area contributed by atoms with E-state index in [2.05, 4.69) is 18.0 Å². The van der Waals surface area contributed by atoms with Gasteiger partial charge in [0, 0.05) is 11.1 Å². The van der Waals surface area contributed by atoms with Gasteiger partial charge in [-0.05, 0) is 67.3 Å². The van der Waals surface area contributed by atoms with E-state index in [1.54, 1.807) is 42.5 Å². The van der Waals surface area contributed by atoms with E-state index in [-0.39, 0.29) is 12.2 Å². The smallest absolute Gasteiger partial charge is 0.335 e. The number of anilines is 1. The molecule has 0 aliphatic carbocycles. The highest BCUT2D eigenvalue weighted by Gasteiger charge is 2.36. The van der Waals surface area contributed by atoms with Crippen LogP contribution in [0.25, 0.3) is 6.08 Å². The molecule has 1 aliphatic heterocycles. The van der Waals surface area contributed by atoms with Crippen LogP contribution in [0.5, 0.6) is 11.5 Å². The summed E-state index contributed by atoms with van der Waals surface area (Å²) < 4.78 is 12.0. The molecular weight excluding hydrogens is 506 g/mol. The van der Waals surface area contributed by atoms with Crippen molar-refractivity contribution in [2.45, 2.75) is 33.3 Å². The number of hydrogen-bond acceptors (Lipinski definition) is 6. The van der Waals surface area contributed by atoms with Crippen molar-refractivity contribution in [3.05, 3.63) is 107 Å². The minimum absolute atomic E-state index is 0.142. The van der Waals surface area contributed by atoms with Crippen LogP contribution in [0.3, 0.4) is 0 Å². The van der Waals surface area contributed by atoms with Gasteiger partial charge in [0.15, 0.2) is 11.5 Å². The second-order valence-corrected chi connectivity index (χ2v) is 8.97. The van der Waals surface area contributed by atoms with Crippen molar-refractivity contribution in [2.75, 3.05) is 11.5 Å². The fraction of sp³-hybridized carbons (Fsp3) is 0.188. The molecule has 1 N–H and O–H groups in total. The number of ether oxygens (including phenoxy) is 2. The standard InChI is InChI=1S/C32H29N3O5/c1-4-9-23-16-22(18-28(39-6-3)29(23)40-20-25-11-8-7-10-24(25)19-33)17-27-30(36)34-32(38)35(31(27)37)26-14-12-21(5-2)13-15-26/h4,7-8,10-18H,1,5-6,9,20H2,2-3H3,(H,34,36,38)/b27-17-. The van der Waals surface area contributed by atoms with Gasteiger partial charge >= 0.3 is 6.03 Å². The third kappa shape index (κ3) is 5.94. The Balaban J connectivity index is 1.72. The van der Waals surface area contributed by atoms with Crippen LogP contribution in [0, 0.1) is 11.3 Å². The van der Waals surface area contributed by atoms with Gasteiger partial charge in [0.1, 0.15) is 12.2 Å². The molecule has 0 aromatic heterocycles. The van der Waals surface area contributed by atoms with Gasteiger partial charge in [-0.25, -0.2) is 9.69 Å². The van der Waals surface area contributed by atoms with Crippen molar-refractivity contribution in [1.29, 1.82) is 5.26 Å². The Kier molecular flexibility index (Phi) is 8.77. The average Bonchev–Trinajstić information content (AvgIpc) is 2.95. The molecule has 1 fully saturated rings. The van der Waals surface area contributed by atoms with Crippen LogP contribution < -0.4 is 19.7 Å². The van der Waals surface area contributed by atoms with Gasteiger partial charge in [-0.15, -0.1) is 6.58 Å².